The van der Waals surface area contributed by atoms with E-state index in [-0.39, 0.29) is 11.7 Å². The summed E-state index contributed by atoms with van der Waals surface area (Å²) in [6, 6.07) is 15.4. The first-order valence-corrected chi connectivity index (χ1v) is 11.6. The predicted molar refractivity (Wildman–Crippen MR) is 131 cm³/mol. The molecule has 0 radical (unpaired) electrons. The summed E-state index contributed by atoms with van der Waals surface area (Å²) in [6.45, 7) is 1.93. The van der Waals surface area contributed by atoms with Crippen LogP contribution in [-0.2, 0) is 4.79 Å². The molecule has 1 N–H and O–H groups in total. The van der Waals surface area contributed by atoms with E-state index in [2.05, 4.69) is 17.3 Å². The maximum atomic E-state index is 12.7. The van der Waals surface area contributed by atoms with E-state index in [1.807, 2.05) is 30.3 Å². The second kappa shape index (κ2) is 9.75. The normalized spacial score (nSPS) is 17.6. The molecule has 1 spiro atoms. The van der Waals surface area contributed by atoms with Crippen LogP contribution in [0.2, 0.25) is 0 Å². The number of aliphatic imine (C=N–C) groups is 2. The van der Waals surface area contributed by atoms with Crippen LogP contribution >= 0.6 is 11.8 Å². The van der Waals surface area contributed by atoms with Gasteiger partial charge in [-0.2, -0.15) is 0 Å². The zero-order chi connectivity index (χ0) is 22.6. The maximum absolute atomic E-state index is 12.7. The van der Waals surface area contributed by atoms with Crippen LogP contribution in [0.1, 0.15) is 18.4 Å². The summed E-state index contributed by atoms with van der Waals surface area (Å²) in [6.07, 6.45) is 1.78. The first-order valence-electron chi connectivity index (χ1n) is 10.6. The van der Waals surface area contributed by atoms with E-state index in [9.17, 15) is 4.79 Å². The Hall–Kier alpha value is -2.84. The standard InChI is InChI=1S/C24H28N4O3S/c1-28-13-11-24(12-14-28)26-22(17-7-5-4-6-8-17)23(27-24)32-16-21(29)25-18-9-10-19(30-2)20(15-18)31-3/h4-10,15H,11-14,16H2,1-3H3,(H,25,29). The summed E-state index contributed by atoms with van der Waals surface area (Å²) >= 11 is 1.44. The Labute approximate surface area is 192 Å². The zero-order valence-corrected chi connectivity index (χ0v) is 19.4. The molecular weight excluding hydrogens is 424 g/mol. The smallest absolute Gasteiger partial charge is 0.234 e. The summed E-state index contributed by atoms with van der Waals surface area (Å²) in [4.78, 5) is 25.1. The molecule has 168 valence electrons. The van der Waals surface area contributed by atoms with E-state index in [4.69, 9.17) is 19.5 Å². The summed E-state index contributed by atoms with van der Waals surface area (Å²) in [5.41, 5.74) is 2.18. The van der Waals surface area contributed by atoms with Crippen molar-refractivity contribution >= 4 is 34.1 Å². The third kappa shape index (κ3) is 4.97. The van der Waals surface area contributed by atoms with Crippen molar-refractivity contribution in [2.45, 2.75) is 18.5 Å². The SMILES string of the molecule is COc1ccc(NC(=O)CSC2=NC3(CCN(C)CC3)N=C2c2ccccc2)cc1OC. The average molecular weight is 453 g/mol. The molecule has 2 aliphatic rings. The molecule has 2 aliphatic heterocycles. The summed E-state index contributed by atoms with van der Waals surface area (Å²) < 4.78 is 10.6. The number of nitrogens with one attached hydrogen (secondary N) is 1. The highest BCUT2D eigenvalue weighted by Gasteiger charge is 2.39. The van der Waals surface area contributed by atoms with Gasteiger partial charge in [0.1, 0.15) is 5.04 Å². The van der Waals surface area contributed by atoms with Gasteiger partial charge in [0.05, 0.1) is 25.7 Å². The Morgan fingerprint density at radius 3 is 2.47 bits per heavy atom. The maximum Gasteiger partial charge on any atom is 0.234 e. The lowest BCUT2D eigenvalue weighted by molar-refractivity contribution is -0.113. The van der Waals surface area contributed by atoms with Crippen LogP contribution in [0.25, 0.3) is 0 Å². The Kier molecular flexibility index (Phi) is 6.81. The number of ether oxygens (including phenoxy) is 2. The number of hydrogen-bond donors (Lipinski definition) is 1. The first-order chi connectivity index (χ1) is 15.5. The molecule has 0 aromatic heterocycles. The molecule has 1 fully saturated rings. The van der Waals surface area contributed by atoms with Gasteiger partial charge in [-0.25, -0.2) is 4.99 Å². The Bertz CT molecular complexity index is 1030. The number of likely N-dealkylation sites (tertiary alicyclic amines) is 1. The van der Waals surface area contributed by atoms with Crippen molar-refractivity contribution in [3.8, 4) is 11.5 Å². The van der Waals surface area contributed by atoms with Crippen molar-refractivity contribution in [3.05, 3.63) is 54.1 Å². The summed E-state index contributed by atoms with van der Waals surface area (Å²) in [7, 11) is 5.28. The summed E-state index contributed by atoms with van der Waals surface area (Å²) in [5.74, 6) is 1.32. The fraction of sp³-hybridized carbons (Fsp3) is 0.375. The topological polar surface area (TPSA) is 75.5 Å². The van der Waals surface area contributed by atoms with Crippen molar-refractivity contribution in [2.24, 2.45) is 9.98 Å². The number of nitrogens with zero attached hydrogens (tertiary/aromatic N) is 3. The lowest BCUT2D eigenvalue weighted by Crippen LogP contribution is -2.39. The molecule has 4 rings (SSSR count). The Morgan fingerprint density at radius 1 is 1.06 bits per heavy atom. The highest BCUT2D eigenvalue weighted by Crippen LogP contribution is 2.35. The molecule has 1 amide bonds. The number of methoxy groups -OCH3 is 2. The van der Waals surface area contributed by atoms with Gasteiger partial charge in [-0.1, -0.05) is 42.1 Å². The second-order valence-corrected chi connectivity index (χ2v) is 8.90. The molecule has 0 saturated carbocycles. The highest BCUT2D eigenvalue weighted by molar-refractivity contribution is 8.16. The predicted octanol–water partition coefficient (Wildman–Crippen LogP) is 3.70. The van der Waals surface area contributed by atoms with Crippen LogP contribution in [0.4, 0.5) is 5.69 Å². The number of carbonyl (C=O) groups excluding carboxylic acids is 1. The second-order valence-electron chi connectivity index (χ2n) is 7.94. The molecule has 0 unspecified atom stereocenters. The van der Waals surface area contributed by atoms with Gasteiger partial charge in [0.2, 0.25) is 5.91 Å². The van der Waals surface area contributed by atoms with E-state index in [1.54, 1.807) is 32.4 Å². The van der Waals surface area contributed by atoms with Crippen molar-refractivity contribution in [1.29, 1.82) is 0 Å². The molecule has 32 heavy (non-hydrogen) atoms. The molecule has 2 aromatic carbocycles. The van der Waals surface area contributed by atoms with E-state index >= 15 is 0 Å². The van der Waals surface area contributed by atoms with Gasteiger partial charge in [0.15, 0.2) is 17.2 Å². The van der Waals surface area contributed by atoms with Crippen LogP contribution in [0.15, 0.2) is 58.5 Å². The number of rotatable bonds is 6. The quantitative estimate of drug-likeness (QED) is 0.723. The lowest BCUT2D eigenvalue weighted by atomic mass is 9.99. The minimum Gasteiger partial charge on any atom is -0.493 e. The van der Waals surface area contributed by atoms with Gasteiger partial charge in [0.25, 0.3) is 0 Å². The molecule has 7 nitrogen and oxygen atoms in total. The van der Waals surface area contributed by atoms with Gasteiger partial charge in [-0.05, 0) is 19.2 Å². The zero-order valence-electron chi connectivity index (χ0n) is 18.6. The average Bonchev–Trinajstić information content (AvgIpc) is 3.18. The number of thioether (sulfide) groups is 1. The molecule has 2 aromatic rings. The van der Waals surface area contributed by atoms with Crippen molar-refractivity contribution < 1.29 is 14.3 Å². The van der Waals surface area contributed by atoms with Gasteiger partial charge >= 0.3 is 0 Å². The van der Waals surface area contributed by atoms with Crippen LogP contribution in [-0.4, -0.2) is 67.3 Å². The molecule has 2 heterocycles. The fourth-order valence-electron chi connectivity index (χ4n) is 3.85. The Balaban J connectivity index is 1.47. The number of benzene rings is 2. The third-order valence-corrected chi connectivity index (χ3v) is 6.64. The van der Waals surface area contributed by atoms with Crippen LogP contribution < -0.4 is 14.8 Å². The van der Waals surface area contributed by atoms with Crippen LogP contribution in [0.5, 0.6) is 11.5 Å². The molecule has 8 heteroatoms. The van der Waals surface area contributed by atoms with Gasteiger partial charge in [-0.3, -0.25) is 9.79 Å². The van der Waals surface area contributed by atoms with Gasteiger partial charge in [0, 0.05) is 43.2 Å². The van der Waals surface area contributed by atoms with E-state index in [1.165, 1.54) is 11.8 Å². The summed E-state index contributed by atoms with van der Waals surface area (Å²) in [5, 5.41) is 3.76. The largest absolute Gasteiger partial charge is 0.493 e. The minimum atomic E-state index is -0.403. The molecular formula is C24H28N4O3S. The molecule has 0 aliphatic carbocycles. The van der Waals surface area contributed by atoms with E-state index < -0.39 is 5.66 Å². The number of hydrogen-bond acceptors (Lipinski definition) is 7. The molecule has 1 saturated heterocycles. The van der Waals surface area contributed by atoms with Gasteiger partial charge < -0.3 is 19.7 Å². The van der Waals surface area contributed by atoms with Crippen LogP contribution in [0.3, 0.4) is 0 Å². The van der Waals surface area contributed by atoms with E-state index in [0.717, 1.165) is 42.3 Å². The third-order valence-electron chi connectivity index (χ3n) is 5.67. The number of piperidine rings is 1. The number of carbonyl (C=O) groups is 1. The van der Waals surface area contributed by atoms with Gasteiger partial charge in [-0.15, -0.1) is 0 Å². The minimum absolute atomic E-state index is 0.110. The fourth-order valence-corrected chi connectivity index (χ4v) is 4.73. The lowest BCUT2D eigenvalue weighted by Gasteiger charge is -2.33. The number of amides is 1. The number of anilines is 1. The van der Waals surface area contributed by atoms with Crippen molar-refractivity contribution in [3.63, 3.8) is 0 Å². The van der Waals surface area contributed by atoms with Crippen LogP contribution in [0, 0.1) is 0 Å². The van der Waals surface area contributed by atoms with Crippen molar-refractivity contribution in [1.82, 2.24) is 4.90 Å². The molecule has 0 bridgehead atoms. The Morgan fingerprint density at radius 2 is 1.78 bits per heavy atom. The monoisotopic (exact) mass is 452 g/mol. The van der Waals surface area contributed by atoms with E-state index in [0.29, 0.717) is 17.2 Å². The molecule has 0 atom stereocenters. The first kappa shape index (κ1) is 22.4. The van der Waals surface area contributed by atoms with Crippen molar-refractivity contribution in [2.75, 3.05) is 45.4 Å². The highest BCUT2D eigenvalue weighted by atomic mass is 32.2.